The summed E-state index contributed by atoms with van der Waals surface area (Å²) < 4.78 is 1.14. The van der Waals surface area contributed by atoms with Gasteiger partial charge < -0.3 is 10.6 Å². The second-order valence-corrected chi connectivity index (χ2v) is 9.51. The SMILES string of the molecule is O=C(Nc1ccccc1/C=C/C(=O)c1c(Br)cc(Br)cc1C(=O)Nc1ccccc1)c1ccccc1. The van der Waals surface area contributed by atoms with Gasteiger partial charge >= 0.3 is 0 Å². The predicted octanol–water partition coefficient (Wildman–Crippen LogP) is 7.61. The van der Waals surface area contributed by atoms with E-state index in [4.69, 9.17) is 0 Å². The molecule has 4 aromatic rings. The zero-order valence-corrected chi connectivity index (χ0v) is 22.0. The van der Waals surface area contributed by atoms with Gasteiger partial charge in [-0.25, -0.2) is 0 Å². The minimum absolute atomic E-state index is 0.223. The van der Waals surface area contributed by atoms with Gasteiger partial charge in [0.1, 0.15) is 0 Å². The molecule has 5 nitrogen and oxygen atoms in total. The van der Waals surface area contributed by atoms with E-state index < -0.39 is 5.91 Å². The molecular weight excluding hydrogens is 584 g/mol. The van der Waals surface area contributed by atoms with Crippen LogP contribution in [0.1, 0.15) is 36.6 Å². The second kappa shape index (κ2) is 11.7. The molecule has 0 aliphatic rings. The van der Waals surface area contributed by atoms with Gasteiger partial charge in [-0.1, -0.05) is 70.5 Å². The third kappa shape index (κ3) is 6.24. The van der Waals surface area contributed by atoms with Gasteiger partial charge in [-0.15, -0.1) is 0 Å². The Hall–Kier alpha value is -3.81. The average Bonchev–Trinajstić information content (AvgIpc) is 2.88. The smallest absolute Gasteiger partial charge is 0.256 e. The van der Waals surface area contributed by atoms with Crippen molar-refractivity contribution in [2.75, 3.05) is 10.6 Å². The van der Waals surface area contributed by atoms with Gasteiger partial charge in [0.25, 0.3) is 11.8 Å². The normalized spacial score (nSPS) is 10.7. The Balaban J connectivity index is 1.60. The van der Waals surface area contributed by atoms with Crippen LogP contribution in [0.15, 0.2) is 112 Å². The van der Waals surface area contributed by atoms with E-state index in [-0.39, 0.29) is 22.8 Å². The number of hydrogen-bond donors (Lipinski definition) is 2. The Morgan fingerprint density at radius 3 is 2.06 bits per heavy atom. The summed E-state index contributed by atoms with van der Waals surface area (Å²) in [6, 6.07) is 28.4. The molecule has 178 valence electrons. The first-order valence-electron chi connectivity index (χ1n) is 11.0. The molecule has 0 aromatic heterocycles. The number of anilines is 2. The number of rotatable bonds is 7. The molecule has 0 saturated carbocycles. The van der Waals surface area contributed by atoms with E-state index in [0.29, 0.717) is 31.4 Å². The van der Waals surface area contributed by atoms with Crippen LogP contribution in [0.4, 0.5) is 11.4 Å². The Morgan fingerprint density at radius 1 is 0.694 bits per heavy atom. The zero-order valence-electron chi connectivity index (χ0n) is 18.9. The first-order valence-corrected chi connectivity index (χ1v) is 12.5. The highest BCUT2D eigenvalue weighted by Gasteiger charge is 2.20. The van der Waals surface area contributed by atoms with Crippen molar-refractivity contribution < 1.29 is 14.4 Å². The van der Waals surface area contributed by atoms with E-state index in [1.165, 1.54) is 6.08 Å². The molecule has 0 atom stereocenters. The van der Waals surface area contributed by atoms with Crippen molar-refractivity contribution in [3.63, 3.8) is 0 Å². The van der Waals surface area contributed by atoms with Gasteiger partial charge in [-0.2, -0.15) is 0 Å². The third-order valence-corrected chi connectivity index (χ3v) is 6.32. The average molecular weight is 604 g/mol. The number of amides is 2. The maximum atomic E-state index is 13.3. The van der Waals surface area contributed by atoms with Crippen molar-refractivity contribution in [2.45, 2.75) is 0 Å². The van der Waals surface area contributed by atoms with Crippen LogP contribution >= 0.6 is 31.9 Å². The second-order valence-electron chi connectivity index (χ2n) is 7.74. The molecule has 4 aromatic carbocycles. The van der Waals surface area contributed by atoms with Crippen molar-refractivity contribution in [2.24, 2.45) is 0 Å². The van der Waals surface area contributed by atoms with Crippen LogP contribution in [-0.4, -0.2) is 17.6 Å². The lowest BCUT2D eigenvalue weighted by Gasteiger charge is -2.12. The van der Waals surface area contributed by atoms with E-state index in [9.17, 15) is 14.4 Å². The van der Waals surface area contributed by atoms with Gasteiger partial charge in [0.15, 0.2) is 5.78 Å². The number of carbonyl (C=O) groups is 3. The zero-order chi connectivity index (χ0) is 25.5. The molecule has 0 heterocycles. The monoisotopic (exact) mass is 602 g/mol. The molecule has 0 aliphatic carbocycles. The highest BCUT2D eigenvalue weighted by Crippen LogP contribution is 2.28. The molecule has 36 heavy (non-hydrogen) atoms. The first kappa shape index (κ1) is 25.3. The number of allylic oxidation sites excluding steroid dienone is 1. The molecule has 0 fully saturated rings. The molecule has 0 aliphatic heterocycles. The molecule has 0 unspecified atom stereocenters. The van der Waals surface area contributed by atoms with Gasteiger partial charge in [0.2, 0.25) is 0 Å². The molecule has 2 amide bonds. The molecule has 2 N–H and O–H groups in total. The Morgan fingerprint density at radius 2 is 1.33 bits per heavy atom. The summed E-state index contributed by atoms with van der Waals surface area (Å²) in [5, 5.41) is 5.71. The van der Waals surface area contributed by atoms with Crippen LogP contribution in [0.25, 0.3) is 6.08 Å². The first-order chi connectivity index (χ1) is 17.4. The third-order valence-electron chi connectivity index (χ3n) is 5.24. The molecule has 4 rings (SSSR count). The minimum atomic E-state index is -0.407. The molecule has 0 spiro atoms. The Kier molecular flexibility index (Phi) is 8.25. The van der Waals surface area contributed by atoms with Gasteiger partial charge in [-0.05, 0) is 76.1 Å². The van der Waals surface area contributed by atoms with Crippen molar-refractivity contribution in [3.05, 3.63) is 134 Å². The van der Waals surface area contributed by atoms with Crippen LogP contribution < -0.4 is 10.6 Å². The predicted molar refractivity (Wildman–Crippen MR) is 150 cm³/mol. The minimum Gasteiger partial charge on any atom is -0.322 e. The lowest BCUT2D eigenvalue weighted by Crippen LogP contribution is -2.16. The maximum absolute atomic E-state index is 13.3. The Bertz CT molecular complexity index is 1450. The van der Waals surface area contributed by atoms with E-state index in [1.54, 1.807) is 72.8 Å². The van der Waals surface area contributed by atoms with Crippen LogP contribution in [-0.2, 0) is 0 Å². The van der Waals surface area contributed by atoms with E-state index >= 15 is 0 Å². The summed E-state index contributed by atoms with van der Waals surface area (Å²) >= 11 is 6.83. The van der Waals surface area contributed by atoms with E-state index in [2.05, 4.69) is 42.5 Å². The maximum Gasteiger partial charge on any atom is 0.256 e. The fraction of sp³-hybridized carbons (Fsp3) is 0. The van der Waals surface area contributed by atoms with Crippen molar-refractivity contribution in [1.82, 2.24) is 0 Å². The summed E-state index contributed by atoms with van der Waals surface area (Å²) in [5.41, 5.74) is 2.82. The number of carbonyl (C=O) groups excluding carboxylic acids is 3. The number of benzene rings is 4. The van der Waals surface area contributed by atoms with Crippen molar-refractivity contribution in [3.8, 4) is 0 Å². The largest absolute Gasteiger partial charge is 0.322 e. The number of halogens is 2. The summed E-state index contributed by atoms with van der Waals surface area (Å²) in [5.74, 6) is -1.02. The van der Waals surface area contributed by atoms with Gasteiger partial charge in [-0.3, -0.25) is 14.4 Å². The van der Waals surface area contributed by atoms with Gasteiger partial charge in [0.05, 0.1) is 5.56 Å². The van der Waals surface area contributed by atoms with Crippen LogP contribution in [0.5, 0.6) is 0 Å². The summed E-state index contributed by atoms with van der Waals surface area (Å²) in [6.07, 6.45) is 3.01. The van der Waals surface area contributed by atoms with E-state index in [0.717, 1.165) is 0 Å². The fourth-order valence-corrected chi connectivity index (χ4v) is 4.93. The number of nitrogens with one attached hydrogen (secondary N) is 2. The molecule has 0 bridgehead atoms. The summed E-state index contributed by atoms with van der Waals surface area (Å²) in [4.78, 5) is 38.9. The number of ketones is 1. The molecule has 0 saturated heterocycles. The quantitative estimate of drug-likeness (QED) is 0.169. The Labute approximate surface area is 225 Å². The van der Waals surface area contributed by atoms with Crippen LogP contribution in [0.3, 0.4) is 0 Å². The topological polar surface area (TPSA) is 75.3 Å². The number of hydrogen-bond acceptors (Lipinski definition) is 3. The van der Waals surface area contributed by atoms with Crippen molar-refractivity contribution in [1.29, 1.82) is 0 Å². The number of para-hydroxylation sites is 2. The molecule has 7 heteroatoms. The fourth-order valence-electron chi connectivity index (χ4n) is 3.51. The van der Waals surface area contributed by atoms with Crippen LogP contribution in [0, 0.1) is 0 Å². The molecule has 0 radical (unpaired) electrons. The highest BCUT2D eigenvalue weighted by atomic mass is 79.9. The van der Waals surface area contributed by atoms with Crippen LogP contribution in [0.2, 0.25) is 0 Å². The van der Waals surface area contributed by atoms with Gasteiger partial charge in [0, 0.05) is 31.4 Å². The lowest BCUT2D eigenvalue weighted by molar-refractivity contribution is 0.0999. The highest BCUT2D eigenvalue weighted by molar-refractivity contribution is 9.11. The standard InChI is InChI=1S/C29H20Br2N2O3/c30-21-17-23(29(36)32-22-12-5-2-6-13-22)27(24(31)18-21)26(34)16-15-19-9-7-8-14-25(19)33-28(35)20-10-3-1-4-11-20/h1-18H,(H,32,36)(H,33,35)/b16-15+. The van der Waals surface area contributed by atoms with E-state index in [1.807, 2.05) is 30.3 Å². The summed E-state index contributed by atoms with van der Waals surface area (Å²) in [7, 11) is 0. The van der Waals surface area contributed by atoms with Crippen molar-refractivity contribution >= 4 is 66.9 Å². The molecular formula is C29H20Br2N2O3. The summed E-state index contributed by atoms with van der Waals surface area (Å²) in [6.45, 7) is 0. The lowest BCUT2D eigenvalue weighted by atomic mass is 10.0.